The van der Waals surface area contributed by atoms with Gasteiger partial charge in [0, 0.05) is 43.9 Å². The molecule has 8 nitrogen and oxygen atoms in total. The third kappa shape index (κ3) is 5.10. The fourth-order valence-electron chi connectivity index (χ4n) is 3.30. The van der Waals surface area contributed by atoms with Crippen molar-refractivity contribution in [1.82, 2.24) is 30.0 Å². The molecule has 0 N–H and O–H groups in total. The normalized spacial score (nSPS) is 16.3. The fraction of sp³-hybridized carbons (Fsp3) is 0.389. The Morgan fingerprint density at radius 3 is 2.24 bits per heavy atom. The average molecular weight is 497 g/mol. The van der Waals surface area contributed by atoms with Gasteiger partial charge in [0.2, 0.25) is 0 Å². The fourth-order valence-corrected chi connectivity index (χ4v) is 5.46. The highest BCUT2D eigenvalue weighted by molar-refractivity contribution is 9.11. The molecule has 4 rings (SSSR count). The van der Waals surface area contributed by atoms with E-state index in [1.165, 1.54) is 14.9 Å². The van der Waals surface area contributed by atoms with Gasteiger partial charge < -0.3 is 0 Å². The van der Waals surface area contributed by atoms with Crippen LogP contribution in [0.2, 0.25) is 0 Å². The van der Waals surface area contributed by atoms with Gasteiger partial charge in [-0.15, -0.1) is 16.4 Å². The van der Waals surface area contributed by atoms with Crippen LogP contribution in [0.3, 0.4) is 0 Å². The molecule has 0 radical (unpaired) electrons. The molecule has 29 heavy (non-hydrogen) atoms. The summed E-state index contributed by atoms with van der Waals surface area (Å²) >= 11 is 5.30. The topological polar surface area (TPSA) is 84.2 Å². The number of piperazine rings is 1. The van der Waals surface area contributed by atoms with E-state index < -0.39 is 9.84 Å². The summed E-state index contributed by atoms with van der Waals surface area (Å²) in [5.74, 6) is 0.743. The molecule has 0 amide bonds. The Balaban J connectivity index is 1.37. The molecule has 0 aliphatic carbocycles. The van der Waals surface area contributed by atoms with Crippen molar-refractivity contribution in [2.75, 3.05) is 32.4 Å². The lowest BCUT2D eigenvalue weighted by Gasteiger charge is -2.34. The Hall–Kier alpha value is -1.66. The Morgan fingerprint density at radius 2 is 1.66 bits per heavy atom. The van der Waals surface area contributed by atoms with Crippen LogP contribution in [-0.2, 0) is 22.9 Å². The van der Waals surface area contributed by atoms with E-state index in [-0.39, 0.29) is 4.90 Å². The minimum absolute atomic E-state index is 0.282. The lowest BCUT2D eigenvalue weighted by Crippen LogP contribution is -2.45. The van der Waals surface area contributed by atoms with Crippen LogP contribution < -0.4 is 0 Å². The monoisotopic (exact) mass is 496 g/mol. The summed E-state index contributed by atoms with van der Waals surface area (Å²) in [6, 6.07) is 10.9. The first-order valence-corrected chi connectivity index (χ1v) is 12.7. The molecule has 0 atom stereocenters. The summed E-state index contributed by atoms with van der Waals surface area (Å²) < 4.78 is 26.1. The van der Waals surface area contributed by atoms with Crippen LogP contribution in [0, 0.1) is 0 Å². The summed E-state index contributed by atoms with van der Waals surface area (Å²) in [7, 11) is -3.22. The van der Waals surface area contributed by atoms with Gasteiger partial charge in [0.25, 0.3) is 0 Å². The highest BCUT2D eigenvalue weighted by atomic mass is 79.9. The lowest BCUT2D eigenvalue weighted by molar-refractivity contribution is 0.120. The Labute approximate surface area is 182 Å². The first-order chi connectivity index (χ1) is 13.9. The van der Waals surface area contributed by atoms with Gasteiger partial charge in [-0.3, -0.25) is 9.80 Å². The molecule has 3 heterocycles. The minimum atomic E-state index is -3.22. The van der Waals surface area contributed by atoms with Crippen molar-refractivity contribution in [3.63, 3.8) is 0 Å². The number of hydrogen-bond acceptors (Lipinski definition) is 8. The van der Waals surface area contributed by atoms with Crippen molar-refractivity contribution in [3.8, 4) is 5.69 Å². The number of thiophene rings is 1. The number of tetrazole rings is 1. The van der Waals surface area contributed by atoms with E-state index in [9.17, 15) is 8.42 Å². The third-order valence-electron chi connectivity index (χ3n) is 4.88. The maximum Gasteiger partial charge on any atom is 0.175 e. The SMILES string of the molecule is CS(=O)(=O)c1ccc(-n2nnnc2CN2CCN(Cc3ccc(Br)s3)CC2)cc1. The summed E-state index contributed by atoms with van der Waals surface area (Å²) in [6.07, 6.45) is 1.20. The van der Waals surface area contributed by atoms with E-state index >= 15 is 0 Å². The molecular weight excluding hydrogens is 476 g/mol. The molecule has 1 fully saturated rings. The van der Waals surface area contributed by atoms with Crippen molar-refractivity contribution < 1.29 is 8.42 Å². The van der Waals surface area contributed by atoms with Gasteiger partial charge >= 0.3 is 0 Å². The summed E-state index contributed by atoms with van der Waals surface area (Å²) in [5, 5.41) is 12.1. The number of rotatable bonds is 6. The van der Waals surface area contributed by atoms with E-state index in [4.69, 9.17) is 0 Å². The molecule has 1 saturated heterocycles. The lowest BCUT2D eigenvalue weighted by atomic mass is 10.3. The molecule has 2 aromatic heterocycles. The highest BCUT2D eigenvalue weighted by Gasteiger charge is 2.20. The van der Waals surface area contributed by atoms with E-state index in [2.05, 4.69) is 53.4 Å². The quantitative estimate of drug-likeness (QED) is 0.517. The molecule has 154 valence electrons. The third-order valence-corrected chi connectivity index (χ3v) is 7.62. The van der Waals surface area contributed by atoms with Crippen LogP contribution in [-0.4, -0.2) is 70.9 Å². The number of benzene rings is 1. The van der Waals surface area contributed by atoms with Crippen LogP contribution >= 0.6 is 27.3 Å². The number of aromatic nitrogens is 4. The molecule has 1 aromatic carbocycles. The smallest absolute Gasteiger partial charge is 0.175 e. The largest absolute Gasteiger partial charge is 0.296 e. The number of hydrogen-bond donors (Lipinski definition) is 0. The van der Waals surface area contributed by atoms with Gasteiger partial charge in [-0.1, -0.05) is 0 Å². The first kappa shape index (κ1) is 20.6. The van der Waals surface area contributed by atoms with Crippen molar-refractivity contribution in [1.29, 1.82) is 0 Å². The molecule has 11 heteroatoms. The zero-order valence-corrected chi connectivity index (χ0v) is 19.1. The van der Waals surface area contributed by atoms with Gasteiger partial charge in [0.1, 0.15) is 0 Å². The summed E-state index contributed by atoms with van der Waals surface area (Å²) in [6.45, 7) is 5.53. The van der Waals surface area contributed by atoms with Crippen molar-refractivity contribution in [3.05, 3.63) is 50.9 Å². The predicted molar refractivity (Wildman–Crippen MR) is 115 cm³/mol. The molecule has 1 aliphatic heterocycles. The first-order valence-electron chi connectivity index (χ1n) is 9.15. The van der Waals surface area contributed by atoms with Crippen LogP contribution in [0.5, 0.6) is 0 Å². The molecule has 3 aromatic rings. The van der Waals surface area contributed by atoms with Gasteiger partial charge in [-0.05, 0) is 62.8 Å². The van der Waals surface area contributed by atoms with E-state index in [1.807, 2.05) is 0 Å². The molecule has 0 spiro atoms. The Morgan fingerprint density at radius 1 is 1.00 bits per heavy atom. The van der Waals surface area contributed by atoms with Crippen LogP contribution in [0.1, 0.15) is 10.7 Å². The standard InChI is InChI=1S/C18H21BrN6O2S2/c1-29(26,27)16-5-2-14(3-6-16)25-18(20-21-22-25)13-24-10-8-23(9-11-24)12-15-4-7-17(19)28-15/h2-7H,8-13H2,1H3. The molecule has 0 bridgehead atoms. The summed E-state index contributed by atoms with van der Waals surface area (Å²) in [4.78, 5) is 6.45. The maximum absolute atomic E-state index is 11.6. The molecule has 0 saturated carbocycles. The zero-order chi connectivity index (χ0) is 20.4. The maximum atomic E-state index is 11.6. The second-order valence-corrected chi connectivity index (χ2v) is 11.6. The van der Waals surface area contributed by atoms with Crippen molar-refractivity contribution in [2.45, 2.75) is 18.0 Å². The van der Waals surface area contributed by atoms with Gasteiger partial charge in [0.05, 0.1) is 20.9 Å². The van der Waals surface area contributed by atoms with Gasteiger partial charge in [-0.2, -0.15) is 4.68 Å². The van der Waals surface area contributed by atoms with E-state index in [0.717, 1.165) is 44.2 Å². The molecule has 0 unspecified atom stereocenters. The average Bonchev–Trinajstić information content (AvgIpc) is 3.31. The Bertz CT molecular complexity index is 1070. The van der Waals surface area contributed by atoms with Gasteiger partial charge in [0.15, 0.2) is 15.7 Å². The number of nitrogens with zero attached hydrogens (tertiary/aromatic N) is 6. The minimum Gasteiger partial charge on any atom is -0.296 e. The van der Waals surface area contributed by atoms with E-state index in [1.54, 1.807) is 40.3 Å². The van der Waals surface area contributed by atoms with Crippen LogP contribution in [0.15, 0.2) is 45.1 Å². The molecule has 1 aliphatic rings. The molecular formula is C18H21BrN6O2S2. The second-order valence-electron chi connectivity index (χ2n) is 7.03. The van der Waals surface area contributed by atoms with Gasteiger partial charge in [-0.25, -0.2) is 8.42 Å². The summed E-state index contributed by atoms with van der Waals surface area (Å²) in [5.41, 5.74) is 0.749. The highest BCUT2D eigenvalue weighted by Crippen LogP contribution is 2.24. The van der Waals surface area contributed by atoms with Crippen LogP contribution in [0.25, 0.3) is 5.69 Å². The Kier molecular flexibility index (Phi) is 6.11. The predicted octanol–water partition coefficient (Wildman–Crippen LogP) is 2.21. The number of sulfone groups is 1. The van der Waals surface area contributed by atoms with E-state index in [0.29, 0.717) is 6.54 Å². The van der Waals surface area contributed by atoms with Crippen LogP contribution in [0.4, 0.5) is 0 Å². The van der Waals surface area contributed by atoms with Crippen molar-refractivity contribution in [2.24, 2.45) is 0 Å². The zero-order valence-electron chi connectivity index (χ0n) is 15.9. The number of halogens is 1. The van der Waals surface area contributed by atoms with Crippen molar-refractivity contribution >= 4 is 37.1 Å². The second kappa shape index (κ2) is 8.60.